The molecule has 1 amide bonds. The second kappa shape index (κ2) is 7.80. The minimum atomic E-state index is -0.350. The fourth-order valence-electron chi connectivity index (χ4n) is 3.43. The van der Waals surface area contributed by atoms with Gasteiger partial charge in [-0.1, -0.05) is 12.1 Å². The van der Waals surface area contributed by atoms with Crippen molar-refractivity contribution in [3.63, 3.8) is 0 Å². The van der Waals surface area contributed by atoms with Gasteiger partial charge in [0.15, 0.2) is 0 Å². The van der Waals surface area contributed by atoms with Gasteiger partial charge >= 0.3 is 0 Å². The van der Waals surface area contributed by atoms with E-state index in [1.165, 1.54) is 24.3 Å². The van der Waals surface area contributed by atoms with Gasteiger partial charge in [0.25, 0.3) is 11.8 Å². The summed E-state index contributed by atoms with van der Waals surface area (Å²) in [6.45, 7) is 1.18. The zero-order chi connectivity index (χ0) is 19.5. The molecule has 2 heterocycles. The summed E-state index contributed by atoms with van der Waals surface area (Å²) in [6.07, 6.45) is 1.47. The smallest absolute Gasteiger partial charge is 0.253 e. The van der Waals surface area contributed by atoms with Crippen molar-refractivity contribution in [1.29, 1.82) is 0 Å². The molecule has 0 saturated carbocycles. The number of piperidine rings is 1. The van der Waals surface area contributed by atoms with E-state index in [9.17, 15) is 9.18 Å². The first-order valence-corrected chi connectivity index (χ1v) is 9.17. The van der Waals surface area contributed by atoms with E-state index in [0.29, 0.717) is 36.2 Å². The third-order valence-electron chi connectivity index (χ3n) is 5.00. The number of carbonyl (C=O) groups excluding carboxylic acids is 1. The van der Waals surface area contributed by atoms with Gasteiger partial charge in [-0.05, 0) is 49.2 Å². The predicted molar refractivity (Wildman–Crippen MR) is 101 cm³/mol. The Morgan fingerprint density at radius 3 is 2.54 bits per heavy atom. The normalized spacial score (nSPS) is 14.9. The molecular weight excluding hydrogens is 361 g/mol. The SMILES string of the molecule is COc1ccccc1-c1nnc(C2CCN(C(=O)c3ccc(F)cc3)CC2)o1. The van der Waals surface area contributed by atoms with Gasteiger partial charge in [-0.3, -0.25) is 4.79 Å². The van der Waals surface area contributed by atoms with Crippen molar-refractivity contribution < 1.29 is 18.3 Å². The number of rotatable bonds is 4. The Morgan fingerprint density at radius 2 is 1.82 bits per heavy atom. The summed E-state index contributed by atoms with van der Waals surface area (Å²) in [5.41, 5.74) is 1.25. The van der Waals surface area contributed by atoms with Crippen LogP contribution in [0.5, 0.6) is 5.75 Å². The fraction of sp³-hybridized carbons (Fsp3) is 0.286. The van der Waals surface area contributed by atoms with Gasteiger partial charge in [-0.2, -0.15) is 0 Å². The van der Waals surface area contributed by atoms with E-state index in [2.05, 4.69) is 10.2 Å². The van der Waals surface area contributed by atoms with E-state index in [-0.39, 0.29) is 17.6 Å². The molecule has 28 heavy (non-hydrogen) atoms. The number of hydrogen-bond donors (Lipinski definition) is 0. The van der Waals surface area contributed by atoms with Crippen LogP contribution in [0.3, 0.4) is 0 Å². The Balaban J connectivity index is 1.42. The third-order valence-corrected chi connectivity index (χ3v) is 5.00. The summed E-state index contributed by atoms with van der Waals surface area (Å²) in [5, 5.41) is 8.38. The molecule has 1 aromatic heterocycles. The number of carbonyl (C=O) groups is 1. The molecule has 0 aliphatic carbocycles. The van der Waals surface area contributed by atoms with Crippen LogP contribution in [0, 0.1) is 5.82 Å². The van der Waals surface area contributed by atoms with Crippen molar-refractivity contribution in [3.8, 4) is 17.2 Å². The van der Waals surface area contributed by atoms with Gasteiger partial charge in [0.05, 0.1) is 12.7 Å². The number of aromatic nitrogens is 2. The number of ether oxygens (including phenoxy) is 1. The first-order chi connectivity index (χ1) is 13.7. The highest BCUT2D eigenvalue weighted by Gasteiger charge is 2.28. The quantitative estimate of drug-likeness (QED) is 0.686. The molecule has 1 saturated heterocycles. The Hall–Kier alpha value is -3.22. The van der Waals surface area contributed by atoms with Gasteiger partial charge in [0, 0.05) is 24.6 Å². The number of nitrogens with zero attached hydrogens (tertiary/aromatic N) is 3. The Morgan fingerprint density at radius 1 is 1.11 bits per heavy atom. The molecule has 1 aliphatic heterocycles. The number of halogens is 1. The highest BCUT2D eigenvalue weighted by Crippen LogP contribution is 2.33. The highest BCUT2D eigenvalue weighted by molar-refractivity contribution is 5.94. The van der Waals surface area contributed by atoms with Crippen molar-refractivity contribution in [1.82, 2.24) is 15.1 Å². The number of benzene rings is 2. The fourth-order valence-corrected chi connectivity index (χ4v) is 3.43. The second-order valence-corrected chi connectivity index (χ2v) is 6.72. The molecule has 1 aliphatic rings. The monoisotopic (exact) mass is 381 g/mol. The summed E-state index contributed by atoms with van der Waals surface area (Å²) < 4.78 is 24.3. The van der Waals surface area contributed by atoms with E-state index in [1.54, 1.807) is 12.0 Å². The molecule has 7 heteroatoms. The molecule has 0 bridgehead atoms. The number of hydrogen-bond acceptors (Lipinski definition) is 5. The minimum Gasteiger partial charge on any atom is -0.496 e. The lowest BCUT2D eigenvalue weighted by Crippen LogP contribution is -2.38. The van der Waals surface area contributed by atoms with Crippen molar-refractivity contribution >= 4 is 5.91 Å². The standard InChI is InChI=1S/C21H20FN3O3/c1-27-18-5-3-2-4-17(18)20-24-23-19(28-20)14-10-12-25(13-11-14)21(26)15-6-8-16(22)9-7-15/h2-9,14H,10-13H2,1H3. The minimum absolute atomic E-state index is 0.0845. The van der Waals surface area contributed by atoms with Crippen molar-refractivity contribution in [3.05, 3.63) is 65.8 Å². The Labute approximate surface area is 161 Å². The van der Waals surface area contributed by atoms with Crippen LogP contribution in [0.25, 0.3) is 11.5 Å². The molecule has 0 N–H and O–H groups in total. The number of likely N-dealkylation sites (tertiary alicyclic amines) is 1. The summed E-state index contributed by atoms with van der Waals surface area (Å²) in [6, 6.07) is 13.1. The average Bonchev–Trinajstić information content (AvgIpc) is 3.24. The van der Waals surface area contributed by atoms with E-state index in [4.69, 9.17) is 9.15 Å². The molecule has 144 valence electrons. The van der Waals surface area contributed by atoms with E-state index >= 15 is 0 Å². The van der Waals surface area contributed by atoms with Crippen molar-refractivity contribution in [2.24, 2.45) is 0 Å². The highest BCUT2D eigenvalue weighted by atomic mass is 19.1. The molecular formula is C21H20FN3O3. The summed E-state index contributed by atoms with van der Waals surface area (Å²) in [5.74, 6) is 1.36. The zero-order valence-corrected chi connectivity index (χ0v) is 15.5. The lowest BCUT2D eigenvalue weighted by Gasteiger charge is -2.30. The van der Waals surface area contributed by atoms with Crippen LogP contribution in [0.4, 0.5) is 4.39 Å². The first kappa shape index (κ1) is 18.2. The Bertz CT molecular complexity index is 963. The number of amides is 1. The maximum atomic E-state index is 13.0. The van der Waals surface area contributed by atoms with Gasteiger partial charge in [0.1, 0.15) is 11.6 Å². The Kier molecular flexibility index (Phi) is 5.06. The molecule has 0 atom stereocenters. The van der Waals surface area contributed by atoms with Crippen LogP contribution in [0.2, 0.25) is 0 Å². The largest absolute Gasteiger partial charge is 0.496 e. The number of para-hydroxylation sites is 1. The van der Waals surface area contributed by atoms with Crippen LogP contribution in [0.15, 0.2) is 52.9 Å². The van der Waals surface area contributed by atoms with Gasteiger partial charge in [-0.25, -0.2) is 4.39 Å². The van der Waals surface area contributed by atoms with Gasteiger partial charge in [-0.15, -0.1) is 10.2 Å². The maximum absolute atomic E-state index is 13.0. The van der Waals surface area contributed by atoms with Crippen LogP contribution < -0.4 is 4.74 Å². The second-order valence-electron chi connectivity index (χ2n) is 6.72. The summed E-state index contributed by atoms with van der Waals surface area (Å²) >= 11 is 0. The molecule has 1 fully saturated rings. The number of methoxy groups -OCH3 is 1. The molecule has 0 radical (unpaired) electrons. The lowest BCUT2D eigenvalue weighted by molar-refractivity contribution is 0.0706. The van der Waals surface area contributed by atoms with E-state index < -0.39 is 0 Å². The van der Waals surface area contributed by atoms with Gasteiger partial charge in [0.2, 0.25) is 5.89 Å². The average molecular weight is 381 g/mol. The van der Waals surface area contributed by atoms with Crippen molar-refractivity contribution in [2.45, 2.75) is 18.8 Å². The summed E-state index contributed by atoms with van der Waals surface area (Å²) in [7, 11) is 1.60. The molecule has 0 unspecified atom stereocenters. The molecule has 6 nitrogen and oxygen atoms in total. The van der Waals surface area contributed by atoms with Crippen molar-refractivity contribution in [2.75, 3.05) is 20.2 Å². The lowest BCUT2D eigenvalue weighted by atomic mass is 9.96. The topological polar surface area (TPSA) is 68.5 Å². The third kappa shape index (κ3) is 3.60. The maximum Gasteiger partial charge on any atom is 0.253 e. The summed E-state index contributed by atoms with van der Waals surface area (Å²) in [4.78, 5) is 14.3. The molecule has 3 aromatic rings. The van der Waals surface area contributed by atoms with Crippen LogP contribution in [0.1, 0.15) is 35.0 Å². The van der Waals surface area contributed by atoms with Crippen LogP contribution >= 0.6 is 0 Å². The van der Waals surface area contributed by atoms with Gasteiger partial charge < -0.3 is 14.1 Å². The molecule has 0 spiro atoms. The molecule has 2 aromatic carbocycles. The predicted octanol–water partition coefficient (Wildman–Crippen LogP) is 3.90. The van der Waals surface area contributed by atoms with E-state index in [1.807, 2.05) is 24.3 Å². The van der Waals surface area contributed by atoms with Crippen LogP contribution in [-0.4, -0.2) is 41.2 Å². The van der Waals surface area contributed by atoms with E-state index in [0.717, 1.165) is 18.4 Å². The zero-order valence-electron chi connectivity index (χ0n) is 15.5. The first-order valence-electron chi connectivity index (χ1n) is 9.17. The molecule has 4 rings (SSSR count). The van der Waals surface area contributed by atoms with Crippen LogP contribution in [-0.2, 0) is 0 Å².